The summed E-state index contributed by atoms with van der Waals surface area (Å²) in [6.07, 6.45) is 0.122. The van der Waals surface area contributed by atoms with Gasteiger partial charge in [0.25, 0.3) is 5.91 Å². The second-order valence-corrected chi connectivity index (χ2v) is 9.72. The number of hydrogen-bond acceptors (Lipinski definition) is 7. The smallest absolute Gasteiger partial charge is 0.256 e. The van der Waals surface area contributed by atoms with Crippen LogP contribution < -0.4 is 4.74 Å². The lowest BCUT2D eigenvalue weighted by Gasteiger charge is -2.38. The van der Waals surface area contributed by atoms with Gasteiger partial charge in [-0.2, -0.15) is 0 Å². The van der Waals surface area contributed by atoms with Crippen molar-refractivity contribution < 1.29 is 19.4 Å². The van der Waals surface area contributed by atoms with Crippen molar-refractivity contribution in [1.82, 2.24) is 19.7 Å². The molecule has 5 heterocycles. The van der Waals surface area contributed by atoms with Crippen molar-refractivity contribution in [3.63, 3.8) is 0 Å². The number of aliphatic hydroxyl groups excluding tert-OH is 1. The van der Waals surface area contributed by atoms with Gasteiger partial charge in [0.1, 0.15) is 0 Å². The van der Waals surface area contributed by atoms with E-state index in [9.17, 15) is 9.90 Å². The molecule has 1 amide bonds. The van der Waals surface area contributed by atoms with Crippen molar-refractivity contribution in [2.24, 2.45) is 11.8 Å². The van der Waals surface area contributed by atoms with Crippen molar-refractivity contribution in [3.8, 4) is 5.88 Å². The lowest BCUT2D eigenvalue weighted by atomic mass is 9.83. The fraction of sp³-hybridized carbons (Fsp3) is 0.727. The van der Waals surface area contributed by atoms with E-state index in [2.05, 4.69) is 21.8 Å². The van der Waals surface area contributed by atoms with Gasteiger partial charge in [-0.1, -0.05) is 0 Å². The van der Waals surface area contributed by atoms with Gasteiger partial charge in [-0.15, -0.1) is 0 Å². The standard InChI is InChI=1S/C22H32N4O4/c1-13(2)26-8-18-15(21(26)28)5-14(20(23-18)29-4)6-25-7-17-16(10-27)19-9-24(3)11-22(17,12-25)30-19/h5,13,16-17,19,27H,6-12H2,1-4H3/t16-,17+,19+,22+/m0/s1. The molecule has 2 bridgehead atoms. The van der Waals surface area contributed by atoms with Crippen molar-refractivity contribution in [3.05, 3.63) is 22.9 Å². The first kappa shape index (κ1) is 20.2. The molecule has 4 atom stereocenters. The number of pyridine rings is 1. The van der Waals surface area contributed by atoms with Crippen LogP contribution in [0.2, 0.25) is 0 Å². The summed E-state index contributed by atoms with van der Waals surface area (Å²) >= 11 is 0. The summed E-state index contributed by atoms with van der Waals surface area (Å²) in [6.45, 7) is 8.89. The second kappa shape index (κ2) is 7.15. The van der Waals surface area contributed by atoms with Crippen LogP contribution in [0.25, 0.3) is 0 Å². The quantitative estimate of drug-likeness (QED) is 0.752. The molecule has 0 unspecified atom stereocenters. The Bertz CT molecular complexity index is 862. The zero-order valence-electron chi connectivity index (χ0n) is 18.3. The Morgan fingerprint density at radius 2 is 2.17 bits per heavy atom. The number of methoxy groups -OCH3 is 1. The number of likely N-dealkylation sites (N-methyl/N-ethyl adjacent to an activating group) is 1. The molecule has 30 heavy (non-hydrogen) atoms. The molecular weight excluding hydrogens is 384 g/mol. The second-order valence-electron chi connectivity index (χ2n) is 9.72. The van der Waals surface area contributed by atoms with Gasteiger partial charge in [-0.3, -0.25) is 9.69 Å². The van der Waals surface area contributed by atoms with Gasteiger partial charge < -0.3 is 24.4 Å². The summed E-state index contributed by atoms with van der Waals surface area (Å²) in [7, 11) is 3.77. The number of fused-ring (bicyclic) bond motifs is 2. The van der Waals surface area contributed by atoms with Crippen LogP contribution in [0.4, 0.5) is 0 Å². The Balaban J connectivity index is 1.39. The highest BCUT2D eigenvalue weighted by Gasteiger charge is 2.61. The third-order valence-corrected chi connectivity index (χ3v) is 7.41. The van der Waals surface area contributed by atoms with Crippen molar-refractivity contribution in [2.75, 3.05) is 46.9 Å². The van der Waals surface area contributed by atoms with E-state index in [1.54, 1.807) is 7.11 Å². The SMILES string of the molecule is COc1nc2c(cc1CN1C[C@@H]3[C@H](CO)[C@H]4CN(C)C[C@]3(C1)O4)C(=O)N(C(C)C)C2. The van der Waals surface area contributed by atoms with Crippen LogP contribution in [0.15, 0.2) is 6.07 Å². The van der Waals surface area contributed by atoms with Crippen molar-refractivity contribution in [2.45, 2.75) is 44.7 Å². The first-order valence-corrected chi connectivity index (χ1v) is 10.9. The average molecular weight is 417 g/mol. The van der Waals surface area contributed by atoms with E-state index in [-0.39, 0.29) is 36.2 Å². The number of carbonyl (C=O) groups excluding carboxylic acids is 1. The lowest BCUT2D eigenvalue weighted by molar-refractivity contribution is -0.111. The third kappa shape index (κ3) is 2.96. The van der Waals surface area contributed by atoms with Gasteiger partial charge >= 0.3 is 0 Å². The molecule has 1 N–H and O–H groups in total. The maximum absolute atomic E-state index is 12.8. The molecule has 0 saturated carbocycles. The minimum atomic E-state index is -0.216. The number of ether oxygens (including phenoxy) is 2. The summed E-state index contributed by atoms with van der Waals surface area (Å²) in [5.74, 6) is 1.15. The zero-order chi connectivity index (χ0) is 21.2. The molecule has 0 radical (unpaired) electrons. The Kier molecular flexibility index (Phi) is 4.81. The number of amides is 1. The van der Waals surface area contributed by atoms with Gasteiger partial charge in [0.15, 0.2) is 0 Å². The number of hydrogen-bond donors (Lipinski definition) is 1. The Morgan fingerprint density at radius 1 is 1.37 bits per heavy atom. The average Bonchev–Trinajstić information content (AvgIpc) is 3.25. The number of morpholine rings is 1. The normalized spacial score (nSPS) is 33.5. The number of carbonyl (C=O) groups is 1. The summed E-state index contributed by atoms with van der Waals surface area (Å²) in [6, 6.07) is 2.11. The van der Waals surface area contributed by atoms with Gasteiger partial charge in [-0.25, -0.2) is 4.98 Å². The molecule has 0 aromatic carbocycles. The molecule has 8 nitrogen and oxygen atoms in total. The summed E-state index contributed by atoms with van der Waals surface area (Å²) in [4.78, 5) is 24.1. The Labute approximate surface area is 177 Å². The molecule has 5 rings (SSSR count). The Hall–Kier alpha value is -1.74. The van der Waals surface area contributed by atoms with Crippen LogP contribution in [-0.2, 0) is 17.8 Å². The van der Waals surface area contributed by atoms with Gasteiger partial charge in [0.2, 0.25) is 5.88 Å². The van der Waals surface area contributed by atoms with E-state index in [1.165, 1.54) is 0 Å². The third-order valence-electron chi connectivity index (χ3n) is 7.41. The molecule has 1 aromatic rings. The molecule has 0 aliphatic carbocycles. The van der Waals surface area contributed by atoms with Crippen LogP contribution in [0.5, 0.6) is 5.88 Å². The van der Waals surface area contributed by atoms with Crippen LogP contribution in [-0.4, -0.2) is 95.4 Å². The monoisotopic (exact) mass is 416 g/mol. The van der Waals surface area contributed by atoms with Crippen LogP contribution in [0, 0.1) is 11.8 Å². The fourth-order valence-electron chi connectivity index (χ4n) is 6.09. The number of likely N-dealkylation sites (tertiary alicyclic amines) is 2. The molecular formula is C22H32N4O4. The van der Waals surface area contributed by atoms with E-state index < -0.39 is 0 Å². The number of rotatable bonds is 5. The van der Waals surface area contributed by atoms with Crippen molar-refractivity contribution in [1.29, 1.82) is 0 Å². The van der Waals surface area contributed by atoms with E-state index in [1.807, 2.05) is 24.8 Å². The highest BCUT2D eigenvalue weighted by atomic mass is 16.5. The predicted molar refractivity (Wildman–Crippen MR) is 110 cm³/mol. The lowest BCUT2D eigenvalue weighted by Crippen LogP contribution is -2.52. The first-order valence-electron chi connectivity index (χ1n) is 10.9. The van der Waals surface area contributed by atoms with Crippen LogP contribution in [0.1, 0.15) is 35.5 Å². The maximum atomic E-state index is 12.8. The highest BCUT2D eigenvalue weighted by molar-refractivity contribution is 5.98. The minimum Gasteiger partial charge on any atom is -0.481 e. The van der Waals surface area contributed by atoms with E-state index in [4.69, 9.17) is 9.47 Å². The van der Waals surface area contributed by atoms with E-state index >= 15 is 0 Å². The first-order chi connectivity index (χ1) is 14.3. The number of aliphatic hydroxyl groups is 1. The van der Waals surface area contributed by atoms with E-state index in [0.717, 1.165) is 37.4 Å². The molecule has 3 saturated heterocycles. The van der Waals surface area contributed by atoms with Crippen LogP contribution in [0.3, 0.4) is 0 Å². The molecule has 8 heteroatoms. The Morgan fingerprint density at radius 3 is 2.87 bits per heavy atom. The predicted octanol–water partition coefficient (Wildman–Crippen LogP) is 0.578. The summed E-state index contributed by atoms with van der Waals surface area (Å²) in [5.41, 5.74) is 2.21. The van der Waals surface area contributed by atoms with E-state index in [0.29, 0.717) is 30.5 Å². The van der Waals surface area contributed by atoms with Gasteiger partial charge in [-0.05, 0) is 27.0 Å². The molecule has 1 aromatic heterocycles. The number of aromatic nitrogens is 1. The van der Waals surface area contributed by atoms with Gasteiger partial charge in [0, 0.05) is 62.8 Å². The molecule has 3 fully saturated rings. The molecule has 1 spiro atoms. The highest BCUT2D eigenvalue weighted by Crippen LogP contribution is 2.49. The van der Waals surface area contributed by atoms with Crippen molar-refractivity contribution >= 4 is 5.91 Å². The molecule has 164 valence electrons. The largest absolute Gasteiger partial charge is 0.481 e. The molecule has 4 aliphatic heterocycles. The minimum absolute atomic E-state index is 0.0497. The topological polar surface area (TPSA) is 78.4 Å². The zero-order valence-corrected chi connectivity index (χ0v) is 18.3. The fourth-order valence-corrected chi connectivity index (χ4v) is 6.09. The number of nitrogens with zero attached hydrogens (tertiary/aromatic N) is 4. The van der Waals surface area contributed by atoms with Gasteiger partial charge in [0.05, 0.1) is 36.6 Å². The maximum Gasteiger partial charge on any atom is 0.256 e. The van der Waals surface area contributed by atoms with Crippen LogP contribution >= 0.6 is 0 Å². The molecule has 4 aliphatic rings. The summed E-state index contributed by atoms with van der Waals surface area (Å²) < 4.78 is 12.1. The summed E-state index contributed by atoms with van der Waals surface area (Å²) in [5, 5.41) is 10.0.